The van der Waals surface area contributed by atoms with Gasteiger partial charge in [-0.1, -0.05) is 58.1 Å². The molecule has 0 radical (unpaired) electrons. The molecule has 0 aliphatic heterocycles. The van der Waals surface area contributed by atoms with E-state index in [1.807, 2.05) is 13.8 Å². The molecule has 0 aliphatic rings. The van der Waals surface area contributed by atoms with Crippen LogP contribution in [0.4, 0.5) is 11.7 Å². The minimum absolute atomic E-state index is 0.247. The lowest BCUT2D eigenvalue weighted by Gasteiger charge is -2.07. The fourth-order valence-corrected chi connectivity index (χ4v) is 2.74. The second-order valence-electron chi connectivity index (χ2n) is 4.41. The number of benzene rings is 1. The first-order chi connectivity index (χ1) is 9.45. The number of hydrogen-bond donors (Lipinski definition) is 2. The molecule has 1 aromatic heterocycles. The third-order valence-corrected chi connectivity index (χ3v) is 3.42. The van der Waals surface area contributed by atoms with Gasteiger partial charge in [0.15, 0.2) is 0 Å². The predicted octanol–water partition coefficient (Wildman–Crippen LogP) is 4.38. The first kappa shape index (κ1) is 15.6. The molecular weight excluding hydrogens is 367 g/mol. The summed E-state index contributed by atoms with van der Waals surface area (Å²) >= 11 is 15.5. The van der Waals surface area contributed by atoms with Crippen LogP contribution in [0.2, 0.25) is 10.0 Å². The molecule has 5 nitrogen and oxygen atoms in total. The maximum absolute atomic E-state index is 6.12. The van der Waals surface area contributed by atoms with Crippen molar-refractivity contribution in [2.45, 2.75) is 26.4 Å². The zero-order valence-corrected chi connectivity index (χ0v) is 14.0. The van der Waals surface area contributed by atoms with Gasteiger partial charge in [0.1, 0.15) is 0 Å². The average Bonchev–Trinajstić information content (AvgIpc) is 2.79. The second-order valence-corrected chi connectivity index (χ2v) is 6.14. The molecule has 0 bridgehead atoms. The Balaban J connectivity index is 2.11. The van der Waals surface area contributed by atoms with Gasteiger partial charge in [-0.3, -0.25) is 0 Å². The minimum Gasteiger partial charge on any atom is -0.406 e. The molecule has 2 rings (SSSR count). The maximum atomic E-state index is 6.12. The Bertz CT molecular complexity index is 580. The van der Waals surface area contributed by atoms with E-state index in [9.17, 15) is 0 Å². The van der Waals surface area contributed by atoms with Gasteiger partial charge >= 0.3 is 6.01 Å². The van der Waals surface area contributed by atoms with Crippen LogP contribution in [0.15, 0.2) is 21.0 Å². The van der Waals surface area contributed by atoms with E-state index in [1.165, 1.54) is 0 Å². The van der Waals surface area contributed by atoms with E-state index >= 15 is 0 Å². The number of aromatic nitrogens is 2. The van der Waals surface area contributed by atoms with Crippen LogP contribution in [0.1, 0.15) is 19.7 Å². The van der Waals surface area contributed by atoms with E-state index in [-0.39, 0.29) is 6.01 Å². The fourth-order valence-electron chi connectivity index (χ4n) is 1.44. The van der Waals surface area contributed by atoms with Gasteiger partial charge < -0.3 is 15.1 Å². The molecule has 2 N–H and O–H groups in total. The summed E-state index contributed by atoms with van der Waals surface area (Å²) in [6, 6.07) is 4.05. The van der Waals surface area contributed by atoms with Crippen molar-refractivity contribution in [3.63, 3.8) is 0 Å². The number of hydrogen-bond acceptors (Lipinski definition) is 5. The molecule has 1 heterocycles. The van der Waals surface area contributed by atoms with Gasteiger partial charge in [-0.2, -0.15) is 0 Å². The van der Waals surface area contributed by atoms with E-state index in [0.29, 0.717) is 34.2 Å². The Kier molecular flexibility index (Phi) is 5.26. The lowest BCUT2D eigenvalue weighted by atomic mass is 10.3. The lowest BCUT2D eigenvalue weighted by Crippen LogP contribution is -2.21. The Morgan fingerprint density at radius 1 is 1.25 bits per heavy atom. The van der Waals surface area contributed by atoms with Crippen molar-refractivity contribution < 1.29 is 4.42 Å². The summed E-state index contributed by atoms with van der Waals surface area (Å²) in [5.41, 5.74) is 0.531. The predicted molar refractivity (Wildman–Crippen MR) is 83.7 cm³/mol. The first-order valence-electron chi connectivity index (χ1n) is 5.93. The number of anilines is 2. The van der Waals surface area contributed by atoms with Crippen LogP contribution in [-0.4, -0.2) is 16.2 Å². The molecule has 108 valence electrons. The highest BCUT2D eigenvalue weighted by atomic mass is 79.9. The first-order valence-corrected chi connectivity index (χ1v) is 7.48. The van der Waals surface area contributed by atoms with Gasteiger partial charge in [0.2, 0.25) is 5.89 Å². The van der Waals surface area contributed by atoms with E-state index in [2.05, 4.69) is 36.8 Å². The SMILES string of the molecule is CC(C)NCc1nnc(Nc2c(Cl)cc(Br)cc2Cl)o1. The summed E-state index contributed by atoms with van der Waals surface area (Å²) in [6.45, 7) is 4.59. The monoisotopic (exact) mass is 378 g/mol. The van der Waals surface area contributed by atoms with E-state index in [4.69, 9.17) is 27.6 Å². The molecule has 8 heteroatoms. The normalized spacial score (nSPS) is 11.1. The van der Waals surface area contributed by atoms with Crippen molar-refractivity contribution in [2.24, 2.45) is 0 Å². The zero-order valence-electron chi connectivity index (χ0n) is 10.9. The molecule has 2 aromatic rings. The van der Waals surface area contributed by atoms with Crippen molar-refractivity contribution in [1.29, 1.82) is 0 Å². The van der Waals surface area contributed by atoms with Crippen molar-refractivity contribution in [3.05, 3.63) is 32.5 Å². The van der Waals surface area contributed by atoms with Crippen LogP contribution in [0.5, 0.6) is 0 Å². The quantitative estimate of drug-likeness (QED) is 0.806. The van der Waals surface area contributed by atoms with Crippen molar-refractivity contribution in [3.8, 4) is 0 Å². The Morgan fingerprint density at radius 2 is 1.90 bits per heavy atom. The average molecular weight is 380 g/mol. The molecule has 1 aromatic carbocycles. The van der Waals surface area contributed by atoms with Crippen LogP contribution in [0, 0.1) is 0 Å². The summed E-state index contributed by atoms with van der Waals surface area (Å²) in [5, 5.41) is 14.9. The van der Waals surface area contributed by atoms with Crippen LogP contribution >= 0.6 is 39.1 Å². The molecule has 0 saturated carbocycles. The van der Waals surface area contributed by atoms with Gasteiger partial charge in [-0.15, -0.1) is 5.10 Å². The minimum atomic E-state index is 0.247. The summed E-state index contributed by atoms with van der Waals surface area (Å²) in [5.74, 6) is 0.491. The molecule has 20 heavy (non-hydrogen) atoms. The molecule has 0 spiro atoms. The topological polar surface area (TPSA) is 63.0 Å². The number of nitrogens with zero attached hydrogens (tertiary/aromatic N) is 2. The van der Waals surface area contributed by atoms with Gasteiger partial charge in [0.25, 0.3) is 0 Å². The molecule has 0 saturated heterocycles. The molecule has 0 unspecified atom stereocenters. The molecular formula is C12H13BrCl2N4O. The van der Waals surface area contributed by atoms with E-state index < -0.39 is 0 Å². The van der Waals surface area contributed by atoms with Gasteiger partial charge in [0.05, 0.1) is 22.3 Å². The van der Waals surface area contributed by atoms with Crippen LogP contribution in [-0.2, 0) is 6.54 Å². The molecule has 0 amide bonds. The van der Waals surface area contributed by atoms with Gasteiger partial charge in [-0.05, 0) is 12.1 Å². The summed E-state index contributed by atoms with van der Waals surface area (Å²) < 4.78 is 6.25. The lowest BCUT2D eigenvalue weighted by molar-refractivity contribution is 0.460. The summed E-state index contributed by atoms with van der Waals surface area (Å²) in [6.07, 6.45) is 0. The number of rotatable bonds is 5. The Labute approximate surface area is 135 Å². The second kappa shape index (κ2) is 6.76. The molecule has 0 aliphatic carbocycles. The van der Waals surface area contributed by atoms with Crippen LogP contribution in [0.3, 0.4) is 0 Å². The third-order valence-electron chi connectivity index (χ3n) is 2.37. The maximum Gasteiger partial charge on any atom is 0.320 e. The molecule has 0 fully saturated rings. The Morgan fingerprint density at radius 3 is 2.50 bits per heavy atom. The highest BCUT2D eigenvalue weighted by molar-refractivity contribution is 9.10. The highest BCUT2D eigenvalue weighted by Crippen LogP contribution is 2.35. The van der Waals surface area contributed by atoms with Crippen LogP contribution < -0.4 is 10.6 Å². The van der Waals surface area contributed by atoms with Crippen LogP contribution in [0.25, 0.3) is 0 Å². The summed E-state index contributed by atoms with van der Waals surface area (Å²) in [4.78, 5) is 0. The highest BCUT2D eigenvalue weighted by Gasteiger charge is 2.12. The largest absolute Gasteiger partial charge is 0.406 e. The smallest absolute Gasteiger partial charge is 0.320 e. The number of nitrogens with one attached hydrogen (secondary N) is 2. The summed E-state index contributed by atoms with van der Waals surface area (Å²) in [7, 11) is 0. The zero-order chi connectivity index (χ0) is 14.7. The molecule has 0 atom stereocenters. The number of halogens is 3. The van der Waals surface area contributed by atoms with E-state index in [1.54, 1.807) is 12.1 Å². The third kappa shape index (κ3) is 4.09. The van der Waals surface area contributed by atoms with Crippen molar-refractivity contribution >= 4 is 50.8 Å². The van der Waals surface area contributed by atoms with Gasteiger partial charge in [-0.25, -0.2) is 0 Å². The Hall–Kier alpha value is -0.820. The fraction of sp³-hybridized carbons (Fsp3) is 0.333. The van der Waals surface area contributed by atoms with E-state index in [0.717, 1.165) is 4.47 Å². The van der Waals surface area contributed by atoms with Gasteiger partial charge in [0, 0.05) is 10.5 Å². The van der Waals surface area contributed by atoms with Crippen molar-refractivity contribution in [1.82, 2.24) is 15.5 Å². The standard InChI is InChI=1S/C12H13BrCl2N4O/c1-6(2)16-5-10-18-19-12(20-10)17-11-8(14)3-7(13)4-9(11)15/h3-4,6,16H,5H2,1-2H3,(H,17,19). The van der Waals surface area contributed by atoms with Crippen molar-refractivity contribution in [2.75, 3.05) is 5.32 Å².